The summed E-state index contributed by atoms with van der Waals surface area (Å²) in [5, 5.41) is 37.2. The average molecular weight is 973 g/mol. The van der Waals surface area contributed by atoms with Crippen LogP contribution < -0.4 is 60.6 Å². The summed E-state index contributed by atoms with van der Waals surface area (Å²) in [5.41, 5.74) is 5.95. The van der Waals surface area contributed by atoms with Gasteiger partial charge in [-0.25, -0.2) is 4.79 Å². The molecule has 0 bridgehead atoms. The molecule has 1 aliphatic rings. The molecule has 3 heterocycles. The van der Waals surface area contributed by atoms with Gasteiger partial charge in [0.05, 0.1) is 50.5 Å². The third-order valence-electron chi connectivity index (χ3n) is 8.81. The van der Waals surface area contributed by atoms with E-state index in [-0.39, 0.29) is 116 Å². The normalized spacial score (nSPS) is 10.5. The average Bonchev–Trinajstić information content (AvgIpc) is 3.27. The van der Waals surface area contributed by atoms with Crippen LogP contribution in [-0.4, -0.2) is 109 Å². The SMILES string of the molecule is Br.CCO.CN.COc1ccc(CC(=O)O)c(C(=O)O)c1.COc1ccc2c(c1)C(=O)N(C)C(=O)C2.COc1ccc2ccn(C)c(=O)c2c1.Cn1ccc2ccc(O)cc2c1=O.[B].[H-].[Na+]. The van der Waals surface area contributed by atoms with Crippen LogP contribution in [0.2, 0.25) is 0 Å². The third-order valence-corrected chi connectivity index (χ3v) is 8.81. The Bertz CT molecular complexity index is 2640. The largest absolute Gasteiger partial charge is 1.00 e. The van der Waals surface area contributed by atoms with Gasteiger partial charge in [0.1, 0.15) is 23.0 Å². The first-order valence-corrected chi connectivity index (χ1v) is 18.7. The maximum atomic E-state index is 11.7. The Hall–Kier alpha value is -5.96. The van der Waals surface area contributed by atoms with Gasteiger partial charge in [-0.3, -0.25) is 28.9 Å². The molecule has 3 radical (unpaired) electrons. The molecule has 0 aliphatic carbocycles. The third kappa shape index (κ3) is 17.5. The number of carbonyl (C=O) groups is 4. The van der Waals surface area contributed by atoms with Gasteiger partial charge in [0.15, 0.2) is 0 Å². The number of aliphatic carboxylic acids is 1. The molecule has 0 fully saturated rings. The number of nitrogens with two attached hydrogens (primary N) is 1. The molecule has 0 unspecified atom stereocenters. The Balaban J connectivity index is -0.000000761. The Labute approximate surface area is 412 Å². The van der Waals surface area contributed by atoms with Gasteiger partial charge in [-0.15, -0.1) is 17.0 Å². The molecule has 0 spiro atoms. The number of phenols is 1. The predicted octanol–water partition coefficient (Wildman–Crippen LogP) is 1.55. The van der Waals surface area contributed by atoms with E-state index in [1.165, 1.54) is 50.0 Å². The number of rotatable bonds is 6. The number of aromatic hydroxyl groups is 1. The first kappa shape index (κ1) is 61.1. The van der Waals surface area contributed by atoms with Crippen molar-refractivity contribution < 1.29 is 84.8 Å². The van der Waals surface area contributed by atoms with Crippen molar-refractivity contribution in [2.45, 2.75) is 19.8 Å². The fourth-order valence-corrected chi connectivity index (χ4v) is 5.58. The number of fused-ring (bicyclic) bond motifs is 3. The summed E-state index contributed by atoms with van der Waals surface area (Å²) < 4.78 is 18.0. The maximum absolute atomic E-state index is 11.7. The van der Waals surface area contributed by atoms with Crippen molar-refractivity contribution in [3.8, 4) is 23.0 Å². The second kappa shape index (κ2) is 30.2. The molecule has 343 valence electrons. The van der Waals surface area contributed by atoms with Crippen molar-refractivity contribution in [3.63, 3.8) is 0 Å². The number of amides is 2. The van der Waals surface area contributed by atoms with Gasteiger partial charge in [-0.2, -0.15) is 0 Å². The second-order valence-corrected chi connectivity index (χ2v) is 12.9. The monoisotopic (exact) mass is 971 g/mol. The topological polar surface area (TPSA) is 250 Å². The van der Waals surface area contributed by atoms with E-state index in [9.17, 15) is 33.9 Å². The van der Waals surface area contributed by atoms with E-state index in [1.807, 2.05) is 24.3 Å². The molecule has 4 aromatic carbocycles. The minimum atomic E-state index is -1.16. The zero-order valence-corrected chi connectivity index (χ0v) is 41.4. The summed E-state index contributed by atoms with van der Waals surface area (Å²) in [6.45, 7) is 1.93. The zero-order chi connectivity index (χ0) is 46.7. The number of likely N-dealkylation sites (N-methyl/N-ethyl adjacent to an activating group) is 1. The molecule has 1 aliphatic heterocycles. The number of aliphatic hydroxyl groups excluding tert-OH is 1. The van der Waals surface area contributed by atoms with Gasteiger partial charge in [-0.05, 0) is 96.5 Å². The van der Waals surface area contributed by atoms with E-state index < -0.39 is 11.9 Å². The Morgan fingerprint density at radius 3 is 1.65 bits per heavy atom. The molecule has 17 nitrogen and oxygen atoms in total. The van der Waals surface area contributed by atoms with Crippen LogP contribution in [0.25, 0.3) is 21.5 Å². The molecular formula is C45H54BBrN4NaO13. The van der Waals surface area contributed by atoms with Crippen molar-refractivity contribution in [2.24, 2.45) is 19.8 Å². The number of pyridine rings is 2. The number of aromatic carboxylic acids is 1. The van der Waals surface area contributed by atoms with Crippen LogP contribution >= 0.6 is 17.0 Å². The first-order valence-electron chi connectivity index (χ1n) is 18.7. The number of hydrogen-bond acceptors (Lipinski definition) is 12. The van der Waals surface area contributed by atoms with Gasteiger partial charge < -0.3 is 50.9 Å². The van der Waals surface area contributed by atoms with Gasteiger partial charge in [0.25, 0.3) is 17.0 Å². The summed E-state index contributed by atoms with van der Waals surface area (Å²) in [5.74, 6) is -0.811. The van der Waals surface area contributed by atoms with E-state index in [2.05, 4.69) is 5.73 Å². The number of aromatic nitrogens is 2. The number of carboxylic acid groups (broad SMARTS) is 2. The van der Waals surface area contributed by atoms with Gasteiger partial charge in [0, 0.05) is 54.1 Å². The number of nitrogens with zero attached hydrogens (tertiary/aromatic N) is 3. The molecule has 2 aromatic heterocycles. The number of ether oxygens (including phenoxy) is 3. The van der Waals surface area contributed by atoms with E-state index >= 15 is 0 Å². The summed E-state index contributed by atoms with van der Waals surface area (Å²) in [6, 6.07) is 23.5. The summed E-state index contributed by atoms with van der Waals surface area (Å²) >= 11 is 0. The molecule has 0 atom stereocenters. The summed E-state index contributed by atoms with van der Waals surface area (Å²) in [7, 11) is 11.0. The number of carbonyl (C=O) groups excluding carboxylic acids is 2. The number of aryl methyl sites for hydroxylation is 2. The first-order chi connectivity index (χ1) is 29.5. The van der Waals surface area contributed by atoms with Crippen LogP contribution in [0.4, 0.5) is 0 Å². The van der Waals surface area contributed by atoms with Gasteiger partial charge >= 0.3 is 41.5 Å². The fraction of sp³-hybridized carbons (Fsp3) is 0.244. The van der Waals surface area contributed by atoms with Crippen molar-refractivity contribution >= 4 is 70.7 Å². The number of phenolic OH excluding ortho intramolecular Hbond substituents is 1. The van der Waals surface area contributed by atoms with E-state index in [4.69, 9.17) is 29.5 Å². The van der Waals surface area contributed by atoms with Crippen molar-refractivity contribution in [3.05, 3.63) is 140 Å². The van der Waals surface area contributed by atoms with Crippen molar-refractivity contribution in [1.29, 1.82) is 0 Å². The molecule has 65 heavy (non-hydrogen) atoms. The molecule has 20 heteroatoms. The minimum Gasteiger partial charge on any atom is -1.00 e. The summed E-state index contributed by atoms with van der Waals surface area (Å²) in [6.07, 6.45) is 3.44. The van der Waals surface area contributed by atoms with Crippen LogP contribution in [-0.2, 0) is 36.5 Å². The minimum absolute atomic E-state index is 0. The number of benzene rings is 4. The number of hydrogen-bond donors (Lipinski definition) is 5. The van der Waals surface area contributed by atoms with Crippen molar-refractivity contribution in [2.75, 3.05) is 42.0 Å². The molecule has 6 N–H and O–H groups in total. The molecule has 0 saturated carbocycles. The quantitative estimate of drug-likeness (QED) is 0.117. The van der Waals surface area contributed by atoms with E-state index in [0.717, 1.165) is 21.2 Å². The van der Waals surface area contributed by atoms with E-state index in [1.54, 1.807) is 88.6 Å². The van der Waals surface area contributed by atoms with E-state index in [0.29, 0.717) is 33.6 Å². The van der Waals surface area contributed by atoms with Crippen LogP contribution in [0.15, 0.2) is 107 Å². The fourth-order valence-electron chi connectivity index (χ4n) is 5.58. The molecule has 2 amide bonds. The second-order valence-electron chi connectivity index (χ2n) is 12.9. The number of carboxylic acids is 2. The van der Waals surface area contributed by atoms with Crippen LogP contribution in [0, 0.1) is 0 Å². The molecule has 0 saturated heterocycles. The summed E-state index contributed by atoms with van der Waals surface area (Å²) in [4.78, 5) is 68.8. The number of aliphatic hydroxyl groups is 1. The zero-order valence-electron chi connectivity index (χ0n) is 38.7. The number of halogens is 1. The van der Waals surface area contributed by atoms with Gasteiger partial charge in [0.2, 0.25) is 5.91 Å². The molecule has 7 rings (SSSR count). The maximum Gasteiger partial charge on any atom is 1.00 e. The smallest absolute Gasteiger partial charge is 1.00 e. The predicted molar refractivity (Wildman–Crippen MR) is 252 cm³/mol. The molecular weight excluding hydrogens is 918 g/mol. The standard InChI is InChI=1S/C11H11NO3.C11H11NO2.C10H9NO2.C10H10O5.C2H6O.CH5N.B.BrH.Na.H/c1-12-10(13)5-7-3-4-8(15-2)6-9(7)11(12)14;1-12-6-5-8-3-4-9(14-2)7-10(8)11(12)13;1-11-5-4-7-2-3-8(12)6-9(7)10(11)13;1-15-7-3-2-6(4-9(11)12)8(5-7)10(13)14;1-2-3;1-2;;;;/h3-4,6H,5H2,1-2H3;3-7H,1-2H3;2-6,12H,1H3;2-3,5H,4H2,1H3,(H,11,12)(H,13,14);3H,2H2,1H3;2H2,1H3;;1H;;/q;;;;;;;;+1;-1. The number of imide groups is 1. The Kier molecular flexibility index (Phi) is 28.4. The Morgan fingerprint density at radius 2 is 1.15 bits per heavy atom. The van der Waals surface area contributed by atoms with Crippen LogP contribution in [0.5, 0.6) is 23.0 Å². The van der Waals surface area contributed by atoms with Crippen LogP contribution in [0.1, 0.15) is 40.2 Å². The van der Waals surface area contributed by atoms with Gasteiger partial charge in [-0.1, -0.05) is 24.3 Å². The Morgan fingerprint density at radius 1 is 0.708 bits per heavy atom. The van der Waals surface area contributed by atoms with Crippen LogP contribution in [0.3, 0.4) is 0 Å². The number of methoxy groups -OCH3 is 3. The molecule has 6 aromatic rings. The van der Waals surface area contributed by atoms with Crippen molar-refractivity contribution in [1.82, 2.24) is 14.0 Å².